The third kappa shape index (κ3) is 3.90. The number of hydrogen-bond donors (Lipinski definition) is 0. The SMILES string of the molecule is O=C(C1CC1)N(Cc1ccc(F)cc1)C[C@H]1CC(c2ccc3c(c2)OCO3)=NO1. The second kappa shape index (κ2) is 7.39. The van der Waals surface area contributed by atoms with Crippen LogP contribution in [0, 0.1) is 11.7 Å². The van der Waals surface area contributed by atoms with E-state index in [1.807, 2.05) is 23.1 Å². The minimum absolute atomic E-state index is 0.103. The number of carbonyl (C=O) groups excluding carboxylic acids is 1. The van der Waals surface area contributed by atoms with E-state index in [0.29, 0.717) is 25.3 Å². The summed E-state index contributed by atoms with van der Waals surface area (Å²) in [6.07, 6.45) is 2.27. The molecule has 2 aromatic carbocycles. The van der Waals surface area contributed by atoms with Gasteiger partial charge in [0.25, 0.3) is 0 Å². The molecule has 0 N–H and O–H groups in total. The van der Waals surface area contributed by atoms with Crippen molar-refractivity contribution in [2.75, 3.05) is 13.3 Å². The van der Waals surface area contributed by atoms with Crippen LogP contribution in [0.15, 0.2) is 47.6 Å². The van der Waals surface area contributed by atoms with Crippen molar-refractivity contribution in [2.45, 2.75) is 31.9 Å². The molecule has 1 amide bonds. The van der Waals surface area contributed by atoms with Gasteiger partial charge in [-0.05, 0) is 48.7 Å². The molecule has 150 valence electrons. The van der Waals surface area contributed by atoms with Crippen molar-refractivity contribution in [3.63, 3.8) is 0 Å². The van der Waals surface area contributed by atoms with E-state index in [4.69, 9.17) is 14.3 Å². The lowest BCUT2D eigenvalue weighted by Crippen LogP contribution is -2.38. The van der Waals surface area contributed by atoms with Gasteiger partial charge in [-0.3, -0.25) is 4.79 Å². The van der Waals surface area contributed by atoms with E-state index >= 15 is 0 Å². The fraction of sp³-hybridized carbons (Fsp3) is 0.364. The van der Waals surface area contributed by atoms with Gasteiger partial charge in [0.05, 0.1) is 12.3 Å². The average molecular weight is 396 g/mol. The molecule has 2 heterocycles. The highest BCUT2D eigenvalue weighted by atomic mass is 19.1. The largest absolute Gasteiger partial charge is 0.454 e. The van der Waals surface area contributed by atoms with Gasteiger partial charge in [0.1, 0.15) is 5.82 Å². The lowest BCUT2D eigenvalue weighted by Gasteiger charge is -2.25. The first-order valence-electron chi connectivity index (χ1n) is 9.81. The molecule has 1 aliphatic carbocycles. The Bertz CT molecular complexity index is 956. The van der Waals surface area contributed by atoms with Crippen molar-refractivity contribution in [1.82, 2.24) is 4.90 Å². The number of amides is 1. The first-order chi connectivity index (χ1) is 14.2. The van der Waals surface area contributed by atoms with E-state index in [1.165, 1.54) is 12.1 Å². The fourth-order valence-electron chi connectivity index (χ4n) is 3.65. The third-order valence-electron chi connectivity index (χ3n) is 5.39. The number of hydrogen-bond acceptors (Lipinski definition) is 5. The topological polar surface area (TPSA) is 60.4 Å². The molecule has 7 heteroatoms. The van der Waals surface area contributed by atoms with Crippen LogP contribution in [0.2, 0.25) is 0 Å². The molecule has 0 radical (unpaired) electrons. The second-order valence-corrected chi connectivity index (χ2v) is 7.66. The van der Waals surface area contributed by atoms with Crippen LogP contribution in [0.4, 0.5) is 4.39 Å². The Morgan fingerprint density at radius 2 is 1.90 bits per heavy atom. The molecule has 0 bridgehead atoms. The molecule has 0 unspecified atom stereocenters. The van der Waals surface area contributed by atoms with Crippen LogP contribution in [-0.2, 0) is 16.2 Å². The van der Waals surface area contributed by atoms with Crippen LogP contribution < -0.4 is 9.47 Å². The Morgan fingerprint density at radius 1 is 1.10 bits per heavy atom. The zero-order chi connectivity index (χ0) is 19.8. The summed E-state index contributed by atoms with van der Waals surface area (Å²) >= 11 is 0. The summed E-state index contributed by atoms with van der Waals surface area (Å²) in [4.78, 5) is 20.2. The van der Waals surface area contributed by atoms with Crippen molar-refractivity contribution in [3.05, 3.63) is 59.4 Å². The average Bonchev–Trinajstić information content (AvgIpc) is 3.29. The minimum atomic E-state index is -0.283. The molecule has 5 rings (SSSR count). The van der Waals surface area contributed by atoms with Crippen LogP contribution in [0.5, 0.6) is 11.5 Å². The summed E-state index contributed by atoms with van der Waals surface area (Å²) in [5, 5.41) is 4.24. The molecular weight excluding hydrogens is 375 g/mol. The van der Waals surface area contributed by atoms with E-state index in [2.05, 4.69) is 5.16 Å². The number of benzene rings is 2. The van der Waals surface area contributed by atoms with E-state index in [0.717, 1.165) is 35.4 Å². The Kier molecular flexibility index (Phi) is 4.58. The molecule has 0 saturated heterocycles. The summed E-state index contributed by atoms with van der Waals surface area (Å²) < 4.78 is 24.0. The lowest BCUT2D eigenvalue weighted by molar-refractivity contribution is -0.135. The number of ether oxygens (including phenoxy) is 2. The van der Waals surface area contributed by atoms with Crippen LogP contribution in [-0.4, -0.2) is 36.0 Å². The Hall–Kier alpha value is -3.09. The second-order valence-electron chi connectivity index (χ2n) is 7.66. The van der Waals surface area contributed by atoms with Gasteiger partial charge in [0.2, 0.25) is 12.7 Å². The number of oxime groups is 1. The molecule has 2 aromatic rings. The van der Waals surface area contributed by atoms with Gasteiger partial charge < -0.3 is 19.2 Å². The molecular formula is C22H21FN2O4. The predicted octanol–water partition coefficient (Wildman–Crippen LogP) is 3.49. The first kappa shape index (κ1) is 18.0. The smallest absolute Gasteiger partial charge is 0.231 e. The Labute approximate surface area is 167 Å². The molecule has 6 nitrogen and oxygen atoms in total. The number of halogens is 1. The molecule has 2 aliphatic heterocycles. The van der Waals surface area contributed by atoms with E-state index in [9.17, 15) is 9.18 Å². The van der Waals surface area contributed by atoms with Crippen LogP contribution >= 0.6 is 0 Å². The normalized spacial score (nSPS) is 19.6. The Balaban J connectivity index is 1.26. The number of rotatable bonds is 6. The van der Waals surface area contributed by atoms with Gasteiger partial charge in [-0.15, -0.1) is 0 Å². The number of carbonyl (C=O) groups is 1. The quantitative estimate of drug-likeness (QED) is 0.750. The first-order valence-corrected chi connectivity index (χ1v) is 9.81. The van der Waals surface area contributed by atoms with Crippen molar-refractivity contribution in [1.29, 1.82) is 0 Å². The highest BCUT2D eigenvalue weighted by Gasteiger charge is 2.35. The fourth-order valence-corrected chi connectivity index (χ4v) is 3.65. The standard InChI is InChI=1S/C22H21FN2O4/c23-17-6-1-14(2-7-17)11-25(22(26)15-3-4-15)12-18-10-19(24-29-18)16-5-8-20-21(9-16)28-13-27-20/h1-2,5-9,15,18H,3-4,10-13H2/t18-/m1/s1. The monoisotopic (exact) mass is 396 g/mol. The molecule has 1 atom stereocenters. The Morgan fingerprint density at radius 3 is 2.69 bits per heavy atom. The van der Waals surface area contributed by atoms with Crippen LogP contribution in [0.25, 0.3) is 0 Å². The third-order valence-corrected chi connectivity index (χ3v) is 5.39. The molecule has 0 aromatic heterocycles. The van der Waals surface area contributed by atoms with Gasteiger partial charge in [-0.1, -0.05) is 17.3 Å². The minimum Gasteiger partial charge on any atom is -0.454 e. The zero-order valence-electron chi connectivity index (χ0n) is 15.8. The number of fused-ring (bicyclic) bond motifs is 1. The molecule has 1 saturated carbocycles. The van der Waals surface area contributed by atoms with Crippen LogP contribution in [0.1, 0.15) is 30.4 Å². The van der Waals surface area contributed by atoms with Crippen molar-refractivity contribution in [2.24, 2.45) is 11.1 Å². The van der Waals surface area contributed by atoms with Gasteiger partial charge >= 0.3 is 0 Å². The van der Waals surface area contributed by atoms with Gasteiger partial charge in [-0.2, -0.15) is 0 Å². The van der Waals surface area contributed by atoms with Crippen molar-refractivity contribution < 1.29 is 23.5 Å². The summed E-state index contributed by atoms with van der Waals surface area (Å²) in [6, 6.07) is 12.0. The van der Waals surface area contributed by atoms with Gasteiger partial charge in [-0.25, -0.2) is 4.39 Å². The number of nitrogens with zero attached hydrogens (tertiary/aromatic N) is 2. The van der Waals surface area contributed by atoms with Crippen molar-refractivity contribution in [3.8, 4) is 11.5 Å². The van der Waals surface area contributed by atoms with Crippen LogP contribution in [0.3, 0.4) is 0 Å². The summed E-state index contributed by atoms with van der Waals surface area (Å²) in [6.45, 7) is 1.12. The summed E-state index contributed by atoms with van der Waals surface area (Å²) in [7, 11) is 0. The van der Waals surface area contributed by atoms with E-state index in [1.54, 1.807) is 12.1 Å². The maximum absolute atomic E-state index is 13.2. The van der Waals surface area contributed by atoms with Gasteiger partial charge in [0.15, 0.2) is 17.6 Å². The summed E-state index contributed by atoms with van der Waals surface area (Å²) in [5.74, 6) is 1.39. The highest BCUT2D eigenvalue weighted by molar-refractivity contribution is 6.01. The van der Waals surface area contributed by atoms with E-state index in [-0.39, 0.29) is 30.5 Å². The molecule has 3 aliphatic rings. The van der Waals surface area contributed by atoms with Gasteiger partial charge in [0, 0.05) is 24.4 Å². The zero-order valence-corrected chi connectivity index (χ0v) is 15.8. The highest BCUT2D eigenvalue weighted by Crippen LogP contribution is 2.34. The molecule has 1 fully saturated rings. The lowest BCUT2D eigenvalue weighted by atomic mass is 10.0. The maximum Gasteiger partial charge on any atom is 0.231 e. The van der Waals surface area contributed by atoms with Crippen molar-refractivity contribution >= 4 is 11.6 Å². The molecule has 0 spiro atoms. The maximum atomic E-state index is 13.2. The summed E-state index contributed by atoms with van der Waals surface area (Å²) in [5.41, 5.74) is 2.65. The predicted molar refractivity (Wildman–Crippen MR) is 103 cm³/mol. The van der Waals surface area contributed by atoms with E-state index < -0.39 is 0 Å². The molecule has 29 heavy (non-hydrogen) atoms.